The Hall–Kier alpha value is -0.740. The largest absolute Gasteiger partial charge is 0.409 e. The van der Waals surface area contributed by atoms with E-state index in [0.29, 0.717) is 0 Å². The fraction of sp³-hybridized carbons (Fsp3) is 0.750. The molecule has 1 N–H and O–H groups in total. The van der Waals surface area contributed by atoms with Crippen LogP contribution in [0.2, 0.25) is 0 Å². The summed E-state index contributed by atoms with van der Waals surface area (Å²) in [6, 6.07) is -1.59. The molecule has 1 atom stereocenters. The van der Waals surface area contributed by atoms with Crippen LogP contribution in [0.4, 0.5) is 13.2 Å². The molecule has 0 saturated carbocycles. The molecule has 1 amide bonds. The van der Waals surface area contributed by atoms with E-state index in [2.05, 4.69) is 0 Å². The van der Waals surface area contributed by atoms with Crippen molar-refractivity contribution in [3.63, 3.8) is 0 Å². The third kappa shape index (κ3) is 1.14. The minimum absolute atomic E-state index is 0.413. The monoisotopic (exact) mass is 139 g/mol. The molecule has 1 unspecified atom stereocenters. The lowest BCUT2D eigenvalue weighted by molar-refractivity contribution is -0.179. The average molecular weight is 139 g/mol. The topological polar surface area (TPSA) is 29.1 Å². The molecule has 2 nitrogen and oxygen atoms in total. The smallest absolute Gasteiger partial charge is 0.344 e. The quantitative estimate of drug-likeness (QED) is 0.484. The fourth-order valence-corrected chi connectivity index (χ4v) is 0.556. The molecule has 1 aliphatic rings. The van der Waals surface area contributed by atoms with E-state index in [-0.39, 0.29) is 0 Å². The highest BCUT2D eigenvalue weighted by molar-refractivity contribution is 5.83. The second-order valence-corrected chi connectivity index (χ2v) is 1.87. The molecule has 5 heteroatoms. The van der Waals surface area contributed by atoms with Crippen molar-refractivity contribution in [1.29, 1.82) is 0 Å². The van der Waals surface area contributed by atoms with E-state index in [0.717, 1.165) is 0 Å². The van der Waals surface area contributed by atoms with Gasteiger partial charge in [-0.2, -0.15) is 13.2 Å². The summed E-state index contributed by atoms with van der Waals surface area (Å²) in [5.74, 6) is -0.530. The second kappa shape index (κ2) is 1.62. The Morgan fingerprint density at radius 3 is 2.11 bits per heavy atom. The van der Waals surface area contributed by atoms with Crippen LogP contribution in [0.5, 0.6) is 0 Å². The number of hydrogen-bond donors (Lipinski definition) is 1. The molecule has 1 aliphatic heterocycles. The molecule has 1 saturated heterocycles. The van der Waals surface area contributed by atoms with Crippen molar-refractivity contribution in [3.05, 3.63) is 0 Å². The van der Waals surface area contributed by atoms with E-state index in [1.165, 1.54) is 0 Å². The minimum Gasteiger partial charge on any atom is -0.344 e. The predicted molar refractivity (Wildman–Crippen MR) is 22.6 cm³/mol. The zero-order valence-corrected chi connectivity index (χ0v) is 4.33. The molecule has 52 valence electrons. The molecule has 0 radical (unpaired) electrons. The third-order valence-corrected chi connectivity index (χ3v) is 1.12. The highest BCUT2D eigenvalue weighted by Crippen LogP contribution is 2.26. The van der Waals surface area contributed by atoms with Gasteiger partial charge in [-0.05, 0) is 0 Å². The van der Waals surface area contributed by atoms with Gasteiger partial charge in [0.05, 0.1) is 6.42 Å². The van der Waals surface area contributed by atoms with Crippen LogP contribution in [0.3, 0.4) is 0 Å². The molecule has 1 fully saturated rings. The maximum Gasteiger partial charge on any atom is 0.409 e. The van der Waals surface area contributed by atoms with E-state index in [4.69, 9.17) is 0 Å². The predicted octanol–water partition coefficient (Wildman–Crippen LogP) is 0.437. The average Bonchev–Trinajstić information content (AvgIpc) is 1.55. The normalized spacial score (nSPS) is 27.0. The molecule has 0 aromatic carbocycles. The number of alkyl halides is 3. The Kier molecular flexibility index (Phi) is 1.15. The lowest BCUT2D eigenvalue weighted by atomic mass is 10.1. The van der Waals surface area contributed by atoms with E-state index >= 15 is 0 Å². The number of nitrogens with one attached hydrogen (secondary N) is 1. The highest BCUT2D eigenvalue weighted by atomic mass is 19.4. The van der Waals surface area contributed by atoms with Gasteiger partial charge in [-0.3, -0.25) is 4.79 Å². The second-order valence-electron chi connectivity index (χ2n) is 1.87. The van der Waals surface area contributed by atoms with Crippen LogP contribution in [-0.2, 0) is 4.79 Å². The first kappa shape index (κ1) is 6.38. The molecule has 9 heavy (non-hydrogen) atoms. The van der Waals surface area contributed by atoms with Gasteiger partial charge in [0.15, 0.2) is 0 Å². The summed E-state index contributed by atoms with van der Waals surface area (Å²) in [6.07, 6.45) is -4.67. The van der Waals surface area contributed by atoms with E-state index in [1.54, 1.807) is 5.32 Å². The first-order chi connectivity index (χ1) is 4.00. The first-order valence-corrected chi connectivity index (χ1v) is 2.36. The van der Waals surface area contributed by atoms with Crippen LogP contribution in [0.25, 0.3) is 0 Å². The Bertz CT molecular complexity index is 133. The van der Waals surface area contributed by atoms with Crippen LogP contribution in [0.15, 0.2) is 0 Å². The van der Waals surface area contributed by atoms with Gasteiger partial charge in [0.25, 0.3) is 0 Å². The van der Waals surface area contributed by atoms with E-state index in [9.17, 15) is 18.0 Å². The molecule has 0 spiro atoms. The van der Waals surface area contributed by atoms with E-state index in [1.807, 2.05) is 0 Å². The summed E-state index contributed by atoms with van der Waals surface area (Å²) in [7, 11) is 0. The Labute approximate surface area is 49.0 Å². The summed E-state index contributed by atoms with van der Waals surface area (Å²) in [5.41, 5.74) is 0. The van der Waals surface area contributed by atoms with Crippen molar-refractivity contribution in [2.24, 2.45) is 0 Å². The van der Waals surface area contributed by atoms with Gasteiger partial charge >= 0.3 is 6.18 Å². The summed E-state index contributed by atoms with van der Waals surface area (Å²) in [6.45, 7) is 0. The van der Waals surface area contributed by atoms with Gasteiger partial charge in [0.1, 0.15) is 6.04 Å². The van der Waals surface area contributed by atoms with Crippen molar-refractivity contribution in [3.8, 4) is 0 Å². The van der Waals surface area contributed by atoms with Crippen LogP contribution >= 0.6 is 0 Å². The number of hydrogen-bond acceptors (Lipinski definition) is 1. The Balaban J connectivity index is 2.40. The van der Waals surface area contributed by atoms with Gasteiger partial charge in [0, 0.05) is 0 Å². The van der Waals surface area contributed by atoms with Crippen LogP contribution < -0.4 is 5.32 Å². The van der Waals surface area contributed by atoms with E-state index < -0.39 is 24.5 Å². The lowest BCUT2D eigenvalue weighted by Gasteiger charge is -2.28. The number of amides is 1. The maximum atomic E-state index is 11.5. The van der Waals surface area contributed by atoms with Gasteiger partial charge < -0.3 is 5.32 Å². The number of halogens is 3. The minimum atomic E-state index is -4.26. The molecule has 0 aliphatic carbocycles. The lowest BCUT2D eigenvalue weighted by Crippen LogP contribution is -2.56. The molecule has 0 aromatic rings. The summed E-state index contributed by atoms with van der Waals surface area (Å²) < 4.78 is 34.4. The zero-order valence-electron chi connectivity index (χ0n) is 4.33. The van der Waals surface area contributed by atoms with Crippen LogP contribution in [-0.4, -0.2) is 18.1 Å². The number of rotatable bonds is 0. The van der Waals surface area contributed by atoms with Crippen molar-refractivity contribution >= 4 is 5.91 Å². The SMILES string of the molecule is O=C1CC(C(F)(F)F)N1. The molecular weight excluding hydrogens is 135 g/mol. The van der Waals surface area contributed by atoms with Crippen molar-refractivity contribution in [2.45, 2.75) is 18.6 Å². The Morgan fingerprint density at radius 1 is 1.56 bits per heavy atom. The third-order valence-electron chi connectivity index (χ3n) is 1.12. The molecule has 1 heterocycles. The molecule has 1 rings (SSSR count). The Morgan fingerprint density at radius 2 is 2.00 bits per heavy atom. The van der Waals surface area contributed by atoms with Gasteiger partial charge in [-0.1, -0.05) is 0 Å². The zero-order chi connectivity index (χ0) is 7.07. The van der Waals surface area contributed by atoms with Gasteiger partial charge in [0.2, 0.25) is 5.91 Å². The fourth-order valence-electron chi connectivity index (χ4n) is 0.556. The summed E-state index contributed by atoms with van der Waals surface area (Å²) >= 11 is 0. The highest BCUT2D eigenvalue weighted by Gasteiger charge is 2.47. The molecule has 0 bridgehead atoms. The number of carbonyl (C=O) groups is 1. The molecular formula is C4H4F3NO. The van der Waals surface area contributed by atoms with Gasteiger partial charge in [-0.15, -0.1) is 0 Å². The summed E-state index contributed by atoms with van der Waals surface area (Å²) in [5, 5.41) is 1.72. The van der Waals surface area contributed by atoms with Crippen molar-refractivity contribution < 1.29 is 18.0 Å². The number of carbonyl (C=O) groups excluding carboxylic acids is 1. The number of β-lactam (4-membered cyclic amide) rings is 1. The molecule has 0 aromatic heterocycles. The van der Waals surface area contributed by atoms with Crippen LogP contribution in [0, 0.1) is 0 Å². The first-order valence-electron chi connectivity index (χ1n) is 2.36. The van der Waals surface area contributed by atoms with Crippen molar-refractivity contribution in [2.75, 3.05) is 0 Å². The standard InChI is InChI=1S/C4H4F3NO/c5-4(6,7)2-1-3(9)8-2/h2H,1H2,(H,8,9). The van der Waals surface area contributed by atoms with Crippen molar-refractivity contribution in [1.82, 2.24) is 5.32 Å². The van der Waals surface area contributed by atoms with Gasteiger partial charge in [-0.25, -0.2) is 0 Å². The van der Waals surface area contributed by atoms with Crippen LogP contribution in [0.1, 0.15) is 6.42 Å². The summed E-state index contributed by atoms with van der Waals surface area (Å²) in [4.78, 5) is 9.95. The maximum absolute atomic E-state index is 11.5.